The second kappa shape index (κ2) is 8.48. The van der Waals surface area contributed by atoms with Crippen molar-refractivity contribution in [2.24, 2.45) is 0 Å². The van der Waals surface area contributed by atoms with E-state index in [0.29, 0.717) is 19.7 Å². The van der Waals surface area contributed by atoms with Crippen molar-refractivity contribution in [1.29, 1.82) is 0 Å². The van der Waals surface area contributed by atoms with E-state index in [4.69, 9.17) is 9.84 Å². The normalized spacial score (nSPS) is 10.9. The maximum Gasteiger partial charge on any atom is 0.123 e. The van der Waals surface area contributed by atoms with Gasteiger partial charge in [-0.25, -0.2) is 0 Å². The number of aliphatic hydroxyl groups is 1. The fourth-order valence-corrected chi connectivity index (χ4v) is 1.88. The van der Waals surface area contributed by atoms with Crippen LogP contribution in [0.25, 0.3) is 0 Å². The van der Waals surface area contributed by atoms with Gasteiger partial charge in [0.15, 0.2) is 0 Å². The largest absolute Gasteiger partial charge is 0.492 e. The SMILES string of the molecule is CN(C)CCOc1ccc(Br)cc1CNCCO. The lowest BCUT2D eigenvalue weighted by molar-refractivity contribution is 0.258. The zero-order valence-electron chi connectivity index (χ0n) is 10.9. The molecule has 0 saturated carbocycles. The van der Waals surface area contributed by atoms with Crippen LogP contribution in [0.15, 0.2) is 22.7 Å². The molecule has 1 aromatic carbocycles. The van der Waals surface area contributed by atoms with E-state index in [0.717, 1.165) is 22.3 Å². The summed E-state index contributed by atoms with van der Waals surface area (Å²) in [5.74, 6) is 0.894. The Balaban J connectivity index is 2.58. The molecule has 0 bridgehead atoms. The van der Waals surface area contributed by atoms with E-state index < -0.39 is 0 Å². The monoisotopic (exact) mass is 316 g/mol. The Morgan fingerprint density at radius 3 is 2.83 bits per heavy atom. The first-order valence-corrected chi connectivity index (χ1v) is 6.80. The molecule has 0 aliphatic heterocycles. The molecule has 0 amide bonds. The summed E-state index contributed by atoms with van der Waals surface area (Å²) in [7, 11) is 4.04. The Labute approximate surface area is 117 Å². The molecule has 0 aliphatic carbocycles. The highest BCUT2D eigenvalue weighted by molar-refractivity contribution is 9.10. The third kappa shape index (κ3) is 5.82. The van der Waals surface area contributed by atoms with Gasteiger partial charge in [-0.2, -0.15) is 0 Å². The second-order valence-corrected chi connectivity index (χ2v) is 5.22. The maximum atomic E-state index is 8.76. The van der Waals surface area contributed by atoms with E-state index in [1.807, 2.05) is 32.3 Å². The summed E-state index contributed by atoms with van der Waals surface area (Å²) in [5, 5.41) is 11.9. The second-order valence-electron chi connectivity index (χ2n) is 4.30. The Morgan fingerprint density at radius 1 is 1.39 bits per heavy atom. The molecule has 0 heterocycles. The van der Waals surface area contributed by atoms with Gasteiger partial charge >= 0.3 is 0 Å². The van der Waals surface area contributed by atoms with Crippen LogP contribution < -0.4 is 10.1 Å². The smallest absolute Gasteiger partial charge is 0.123 e. The summed E-state index contributed by atoms with van der Waals surface area (Å²) in [4.78, 5) is 2.09. The van der Waals surface area contributed by atoms with E-state index in [9.17, 15) is 0 Å². The van der Waals surface area contributed by atoms with Crippen LogP contribution >= 0.6 is 15.9 Å². The highest BCUT2D eigenvalue weighted by atomic mass is 79.9. The Kier molecular flexibility index (Phi) is 7.27. The number of hydrogen-bond donors (Lipinski definition) is 2. The fourth-order valence-electron chi connectivity index (χ4n) is 1.47. The molecule has 0 fully saturated rings. The van der Waals surface area contributed by atoms with Crippen molar-refractivity contribution in [3.05, 3.63) is 28.2 Å². The van der Waals surface area contributed by atoms with E-state index in [1.54, 1.807) is 0 Å². The number of halogens is 1. The molecule has 2 N–H and O–H groups in total. The lowest BCUT2D eigenvalue weighted by atomic mass is 10.2. The Bertz CT molecular complexity index is 359. The van der Waals surface area contributed by atoms with Gasteiger partial charge in [0.2, 0.25) is 0 Å². The lowest BCUT2D eigenvalue weighted by Gasteiger charge is -2.14. The summed E-state index contributed by atoms with van der Waals surface area (Å²) in [6.07, 6.45) is 0. The minimum absolute atomic E-state index is 0.144. The molecule has 0 aliphatic rings. The van der Waals surface area contributed by atoms with Gasteiger partial charge in [0.1, 0.15) is 12.4 Å². The van der Waals surface area contributed by atoms with Crippen LogP contribution in [-0.4, -0.2) is 50.4 Å². The maximum absolute atomic E-state index is 8.76. The van der Waals surface area contributed by atoms with Crippen molar-refractivity contribution in [1.82, 2.24) is 10.2 Å². The van der Waals surface area contributed by atoms with Crippen molar-refractivity contribution < 1.29 is 9.84 Å². The predicted octanol–water partition coefficient (Wildman–Crippen LogP) is 1.47. The number of aliphatic hydroxyl groups excluding tert-OH is 1. The number of likely N-dealkylation sites (N-methyl/N-ethyl adjacent to an activating group) is 1. The third-order valence-corrected chi connectivity index (χ3v) is 2.92. The minimum Gasteiger partial charge on any atom is -0.492 e. The van der Waals surface area contributed by atoms with Gasteiger partial charge in [0.25, 0.3) is 0 Å². The molecule has 18 heavy (non-hydrogen) atoms. The van der Waals surface area contributed by atoms with Gasteiger partial charge in [0, 0.05) is 29.7 Å². The summed E-state index contributed by atoms with van der Waals surface area (Å²) in [6.45, 7) is 2.98. The standard InChI is InChI=1S/C13H21BrN2O2/c1-16(2)6-8-18-13-4-3-12(14)9-11(13)10-15-5-7-17/h3-4,9,15,17H,5-8,10H2,1-2H3. The number of rotatable bonds is 8. The molecule has 5 heteroatoms. The summed E-state index contributed by atoms with van der Waals surface area (Å²) in [6, 6.07) is 5.98. The number of nitrogens with one attached hydrogen (secondary N) is 1. The first-order valence-electron chi connectivity index (χ1n) is 6.01. The molecule has 0 unspecified atom stereocenters. The van der Waals surface area contributed by atoms with Crippen LogP contribution in [-0.2, 0) is 6.54 Å². The molecule has 1 aromatic rings. The van der Waals surface area contributed by atoms with Crippen molar-refractivity contribution in [3.63, 3.8) is 0 Å². The minimum atomic E-state index is 0.144. The van der Waals surface area contributed by atoms with E-state index in [-0.39, 0.29) is 6.61 Å². The third-order valence-electron chi connectivity index (χ3n) is 2.42. The summed E-state index contributed by atoms with van der Waals surface area (Å²) < 4.78 is 6.80. The quantitative estimate of drug-likeness (QED) is 0.713. The molecule has 0 saturated heterocycles. The average molecular weight is 317 g/mol. The van der Waals surface area contributed by atoms with Crippen LogP contribution in [0.5, 0.6) is 5.75 Å². The van der Waals surface area contributed by atoms with Crippen LogP contribution in [0.2, 0.25) is 0 Å². The van der Waals surface area contributed by atoms with E-state index in [2.05, 4.69) is 26.1 Å². The van der Waals surface area contributed by atoms with Gasteiger partial charge in [-0.05, 0) is 32.3 Å². The van der Waals surface area contributed by atoms with Gasteiger partial charge in [-0.15, -0.1) is 0 Å². The lowest BCUT2D eigenvalue weighted by Crippen LogP contribution is -2.21. The molecule has 0 aromatic heterocycles. The highest BCUT2D eigenvalue weighted by Gasteiger charge is 2.04. The zero-order chi connectivity index (χ0) is 13.4. The molecule has 1 rings (SSSR count). The van der Waals surface area contributed by atoms with Crippen molar-refractivity contribution in [3.8, 4) is 5.75 Å². The molecular formula is C13H21BrN2O2. The van der Waals surface area contributed by atoms with Crippen molar-refractivity contribution in [2.75, 3.05) is 40.4 Å². The molecule has 102 valence electrons. The molecule has 0 radical (unpaired) electrons. The first-order chi connectivity index (χ1) is 8.63. The Hall–Kier alpha value is -0.620. The van der Waals surface area contributed by atoms with Gasteiger partial charge in [0.05, 0.1) is 6.61 Å². The molecule has 4 nitrogen and oxygen atoms in total. The predicted molar refractivity (Wildman–Crippen MR) is 77.0 cm³/mol. The fraction of sp³-hybridized carbons (Fsp3) is 0.538. The van der Waals surface area contributed by atoms with Crippen molar-refractivity contribution in [2.45, 2.75) is 6.54 Å². The van der Waals surface area contributed by atoms with Crippen LogP contribution in [0.3, 0.4) is 0 Å². The summed E-state index contributed by atoms with van der Waals surface area (Å²) >= 11 is 3.46. The number of nitrogens with zero attached hydrogens (tertiary/aromatic N) is 1. The topological polar surface area (TPSA) is 44.7 Å². The molecule has 0 atom stereocenters. The van der Waals surface area contributed by atoms with Crippen molar-refractivity contribution >= 4 is 15.9 Å². The zero-order valence-corrected chi connectivity index (χ0v) is 12.5. The van der Waals surface area contributed by atoms with E-state index >= 15 is 0 Å². The number of hydrogen-bond acceptors (Lipinski definition) is 4. The van der Waals surface area contributed by atoms with Crippen LogP contribution in [0.4, 0.5) is 0 Å². The average Bonchev–Trinajstić information content (AvgIpc) is 2.32. The number of benzene rings is 1. The number of ether oxygens (including phenoxy) is 1. The first kappa shape index (κ1) is 15.4. The van der Waals surface area contributed by atoms with E-state index in [1.165, 1.54) is 0 Å². The van der Waals surface area contributed by atoms with Crippen LogP contribution in [0.1, 0.15) is 5.56 Å². The van der Waals surface area contributed by atoms with Gasteiger partial charge < -0.3 is 20.1 Å². The Morgan fingerprint density at radius 2 is 2.17 bits per heavy atom. The van der Waals surface area contributed by atoms with Gasteiger partial charge in [-0.1, -0.05) is 15.9 Å². The van der Waals surface area contributed by atoms with Crippen LogP contribution in [0, 0.1) is 0 Å². The molecular weight excluding hydrogens is 296 g/mol. The molecule has 0 spiro atoms. The summed E-state index contributed by atoms with van der Waals surface area (Å²) in [5.41, 5.74) is 1.09. The highest BCUT2D eigenvalue weighted by Crippen LogP contribution is 2.23. The van der Waals surface area contributed by atoms with Gasteiger partial charge in [-0.3, -0.25) is 0 Å².